The Hall–Kier alpha value is -4.19. The molecule has 0 saturated carbocycles. The number of allylic oxidation sites excluding steroid dienone is 20. The van der Waals surface area contributed by atoms with Gasteiger partial charge in [-0.15, -0.1) is 0 Å². The Labute approximate surface area is 469 Å². The van der Waals surface area contributed by atoms with E-state index >= 15 is 0 Å². The smallest absolute Gasteiger partial charge is 0.306 e. The van der Waals surface area contributed by atoms with Gasteiger partial charge in [0.05, 0.1) is 0 Å². The summed E-state index contributed by atoms with van der Waals surface area (Å²) in [5.41, 5.74) is 0. The van der Waals surface area contributed by atoms with Gasteiger partial charge in [-0.05, 0) is 116 Å². The van der Waals surface area contributed by atoms with Gasteiger partial charge >= 0.3 is 17.9 Å². The molecular weight excluding hydrogens is 937 g/mol. The standard InChI is InChI=1S/C70H116O6/c1-4-7-10-13-16-19-22-24-25-26-27-28-29-30-31-32-33-34-35-36-37-38-39-40-41-42-43-44-45-46-49-51-54-57-60-63-69(72)75-66-67(65-74-68(71)62-59-56-53-50-47-21-18-15-12-9-6-3)76-70(73)64-61-58-55-52-48-23-20-17-14-11-8-5-2/h7,10,16-17,19-20,24-25,27-28,30-31,33-34,36-37,39-40,42-43,67H,4-6,8-9,11-15,18,21-23,26,29,32,35,38,41,44-66H2,1-3H3/b10-7-,19-16-,20-17-,25-24-,28-27-,31-30-,34-33-,37-36-,40-39-,43-42-. The second-order valence-electron chi connectivity index (χ2n) is 20.6. The molecule has 6 heteroatoms. The Kier molecular flexibility index (Phi) is 59.9. The van der Waals surface area contributed by atoms with Crippen LogP contribution in [0.25, 0.3) is 0 Å². The van der Waals surface area contributed by atoms with Crippen LogP contribution < -0.4 is 0 Å². The third-order valence-corrected chi connectivity index (χ3v) is 13.2. The van der Waals surface area contributed by atoms with Crippen molar-refractivity contribution in [2.24, 2.45) is 0 Å². The summed E-state index contributed by atoms with van der Waals surface area (Å²) >= 11 is 0. The number of esters is 3. The van der Waals surface area contributed by atoms with E-state index < -0.39 is 6.10 Å². The van der Waals surface area contributed by atoms with Crippen LogP contribution in [-0.2, 0) is 28.6 Å². The number of carbonyl (C=O) groups excluding carboxylic acids is 3. The summed E-state index contributed by atoms with van der Waals surface area (Å²) in [5, 5.41) is 0. The second kappa shape index (κ2) is 63.3. The van der Waals surface area contributed by atoms with Crippen LogP contribution in [0, 0.1) is 0 Å². The molecule has 76 heavy (non-hydrogen) atoms. The van der Waals surface area contributed by atoms with E-state index in [1.54, 1.807) is 0 Å². The van der Waals surface area contributed by atoms with Crippen LogP contribution >= 0.6 is 0 Å². The first-order valence-electron chi connectivity index (χ1n) is 31.5. The average Bonchev–Trinajstić information content (AvgIpc) is 3.42. The van der Waals surface area contributed by atoms with E-state index in [0.717, 1.165) is 135 Å². The van der Waals surface area contributed by atoms with Gasteiger partial charge in [-0.25, -0.2) is 0 Å². The predicted molar refractivity (Wildman–Crippen MR) is 330 cm³/mol. The van der Waals surface area contributed by atoms with Crippen molar-refractivity contribution in [3.63, 3.8) is 0 Å². The highest BCUT2D eigenvalue weighted by molar-refractivity contribution is 5.71. The molecule has 0 heterocycles. The molecule has 0 bridgehead atoms. The van der Waals surface area contributed by atoms with Gasteiger partial charge in [-0.1, -0.05) is 271 Å². The number of unbranched alkanes of at least 4 members (excludes halogenated alkanes) is 25. The van der Waals surface area contributed by atoms with E-state index in [-0.39, 0.29) is 31.1 Å². The summed E-state index contributed by atoms with van der Waals surface area (Å²) in [6, 6.07) is 0. The van der Waals surface area contributed by atoms with E-state index in [2.05, 4.69) is 142 Å². The quantitative estimate of drug-likeness (QED) is 0.0261. The summed E-state index contributed by atoms with van der Waals surface area (Å²) in [6.45, 7) is 6.48. The van der Waals surface area contributed by atoms with Gasteiger partial charge in [0.25, 0.3) is 0 Å². The highest BCUT2D eigenvalue weighted by Crippen LogP contribution is 2.15. The van der Waals surface area contributed by atoms with Crippen molar-refractivity contribution in [2.75, 3.05) is 13.2 Å². The van der Waals surface area contributed by atoms with Gasteiger partial charge in [0.15, 0.2) is 6.10 Å². The van der Waals surface area contributed by atoms with Crippen molar-refractivity contribution in [1.82, 2.24) is 0 Å². The van der Waals surface area contributed by atoms with Crippen LogP contribution in [-0.4, -0.2) is 37.2 Å². The number of ether oxygens (including phenoxy) is 3. The predicted octanol–water partition coefficient (Wildman–Crippen LogP) is 21.6. The van der Waals surface area contributed by atoms with E-state index in [1.807, 2.05) is 0 Å². The molecule has 432 valence electrons. The highest BCUT2D eigenvalue weighted by Gasteiger charge is 2.19. The van der Waals surface area contributed by atoms with E-state index in [4.69, 9.17) is 14.2 Å². The van der Waals surface area contributed by atoms with Gasteiger partial charge in [0, 0.05) is 19.3 Å². The minimum atomic E-state index is -0.786. The number of hydrogen-bond donors (Lipinski definition) is 0. The van der Waals surface area contributed by atoms with Gasteiger partial charge in [0.2, 0.25) is 0 Å². The van der Waals surface area contributed by atoms with Crippen molar-refractivity contribution >= 4 is 17.9 Å². The fourth-order valence-electron chi connectivity index (χ4n) is 8.49. The number of hydrogen-bond acceptors (Lipinski definition) is 6. The first kappa shape index (κ1) is 71.8. The summed E-state index contributed by atoms with van der Waals surface area (Å²) < 4.78 is 16.8. The summed E-state index contributed by atoms with van der Waals surface area (Å²) in [4.78, 5) is 38.1. The van der Waals surface area contributed by atoms with Crippen molar-refractivity contribution in [1.29, 1.82) is 0 Å². The van der Waals surface area contributed by atoms with Gasteiger partial charge in [0.1, 0.15) is 13.2 Å². The van der Waals surface area contributed by atoms with E-state index in [1.165, 1.54) is 109 Å². The first-order valence-corrected chi connectivity index (χ1v) is 31.5. The second-order valence-corrected chi connectivity index (χ2v) is 20.6. The van der Waals surface area contributed by atoms with E-state index in [9.17, 15) is 14.4 Å². The SMILES string of the molecule is CC/C=C\C/C=C\C/C=C\C/C=C\C/C=C\C/C=C\C/C=C\C/C=C\C/C=C\CCCCCCCCCC(=O)OCC(COC(=O)CCCCCCCCCCCCC)OC(=O)CCCCCCC/C=C\CCCCC. The minimum Gasteiger partial charge on any atom is -0.462 e. The van der Waals surface area contributed by atoms with Crippen molar-refractivity contribution in [3.05, 3.63) is 122 Å². The monoisotopic (exact) mass is 1050 g/mol. The Balaban J connectivity index is 4.19. The molecule has 0 N–H and O–H groups in total. The van der Waals surface area contributed by atoms with Gasteiger partial charge in [-0.3, -0.25) is 14.4 Å². The lowest BCUT2D eigenvalue weighted by molar-refractivity contribution is -0.167. The molecule has 0 aliphatic rings. The van der Waals surface area contributed by atoms with Gasteiger partial charge < -0.3 is 14.2 Å². The Bertz CT molecular complexity index is 1590. The molecule has 0 aromatic rings. The molecule has 1 unspecified atom stereocenters. The molecule has 1 atom stereocenters. The Morgan fingerprint density at radius 2 is 0.513 bits per heavy atom. The fourth-order valence-corrected chi connectivity index (χ4v) is 8.49. The van der Waals surface area contributed by atoms with Crippen LogP contribution in [0.1, 0.15) is 284 Å². The zero-order valence-electron chi connectivity index (χ0n) is 49.5. The maximum atomic E-state index is 12.8. The third-order valence-electron chi connectivity index (χ3n) is 13.2. The number of carbonyl (C=O) groups is 3. The molecule has 0 radical (unpaired) electrons. The average molecular weight is 1050 g/mol. The molecule has 0 aliphatic carbocycles. The topological polar surface area (TPSA) is 78.9 Å². The molecule has 0 fully saturated rings. The van der Waals surface area contributed by atoms with E-state index in [0.29, 0.717) is 19.3 Å². The lowest BCUT2D eigenvalue weighted by atomic mass is 10.1. The molecule has 0 rings (SSSR count). The van der Waals surface area contributed by atoms with Crippen molar-refractivity contribution in [2.45, 2.75) is 290 Å². The largest absolute Gasteiger partial charge is 0.462 e. The zero-order chi connectivity index (χ0) is 55.0. The lowest BCUT2D eigenvalue weighted by Crippen LogP contribution is -2.30. The zero-order valence-corrected chi connectivity index (χ0v) is 49.5. The normalized spacial score (nSPS) is 12.9. The van der Waals surface area contributed by atoms with Crippen LogP contribution in [0.3, 0.4) is 0 Å². The fraction of sp³-hybridized carbons (Fsp3) is 0.671. The molecular formula is C70H116O6. The molecule has 6 nitrogen and oxygen atoms in total. The molecule has 0 saturated heterocycles. The summed E-state index contributed by atoms with van der Waals surface area (Å²) in [7, 11) is 0. The van der Waals surface area contributed by atoms with Gasteiger partial charge in [-0.2, -0.15) is 0 Å². The van der Waals surface area contributed by atoms with Crippen molar-refractivity contribution in [3.8, 4) is 0 Å². The summed E-state index contributed by atoms with van der Waals surface area (Å²) in [5.74, 6) is -0.903. The first-order chi connectivity index (χ1) is 37.5. The minimum absolute atomic E-state index is 0.0835. The highest BCUT2D eigenvalue weighted by atomic mass is 16.6. The summed E-state index contributed by atoms with van der Waals surface area (Å²) in [6.07, 6.45) is 87.8. The molecule has 0 aromatic carbocycles. The molecule has 0 spiro atoms. The Morgan fingerprint density at radius 3 is 0.842 bits per heavy atom. The van der Waals surface area contributed by atoms with Crippen LogP contribution in [0.15, 0.2) is 122 Å². The Morgan fingerprint density at radius 1 is 0.276 bits per heavy atom. The number of rotatable bonds is 56. The van der Waals surface area contributed by atoms with Crippen LogP contribution in [0.2, 0.25) is 0 Å². The van der Waals surface area contributed by atoms with Crippen LogP contribution in [0.5, 0.6) is 0 Å². The third kappa shape index (κ3) is 60.7. The lowest BCUT2D eigenvalue weighted by Gasteiger charge is -2.18. The molecule has 0 aromatic heterocycles. The van der Waals surface area contributed by atoms with Crippen LogP contribution in [0.4, 0.5) is 0 Å². The molecule has 0 aliphatic heterocycles. The molecule has 0 amide bonds. The van der Waals surface area contributed by atoms with Crippen molar-refractivity contribution < 1.29 is 28.6 Å². The maximum absolute atomic E-state index is 12.8. The maximum Gasteiger partial charge on any atom is 0.306 e.